The molecule has 0 unspecified atom stereocenters. The number of rotatable bonds is 7. The van der Waals surface area contributed by atoms with Gasteiger partial charge in [0.2, 0.25) is 0 Å². The number of esters is 1. The number of fused-ring (bicyclic) bond motifs is 1. The number of carbonyl (C=O) groups is 1. The van der Waals surface area contributed by atoms with Crippen LogP contribution in [0, 0.1) is 0 Å². The molecule has 5 rings (SSSR count). The van der Waals surface area contributed by atoms with E-state index < -0.39 is 12.0 Å². The normalized spacial score (nSPS) is 15.0. The second-order valence-corrected chi connectivity index (χ2v) is 11.1. The molecule has 2 heterocycles. The highest BCUT2D eigenvalue weighted by Crippen LogP contribution is 2.34. The molecule has 0 amide bonds. The summed E-state index contributed by atoms with van der Waals surface area (Å²) >= 11 is 20.1. The van der Waals surface area contributed by atoms with Crippen molar-refractivity contribution >= 4 is 58.2 Å². The van der Waals surface area contributed by atoms with E-state index >= 15 is 0 Å². The van der Waals surface area contributed by atoms with Crippen LogP contribution in [0.15, 0.2) is 87.8 Å². The van der Waals surface area contributed by atoms with Gasteiger partial charge in [0.05, 0.1) is 22.4 Å². The Bertz CT molecular complexity index is 1830. The molecular formula is C30H23Cl3N2O4S. The maximum Gasteiger partial charge on any atom is 0.338 e. The quantitative estimate of drug-likeness (QED) is 0.228. The summed E-state index contributed by atoms with van der Waals surface area (Å²) in [6.45, 7) is 3.87. The average Bonchev–Trinajstić information content (AvgIpc) is 3.22. The van der Waals surface area contributed by atoms with Crippen molar-refractivity contribution < 1.29 is 14.3 Å². The first-order valence-corrected chi connectivity index (χ1v) is 14.3. The largest absolute Gasteiger partial charge is 0.488 e. The van der Waals surface area contributed by atoms with E-state index in [4.69, 9.17) is 44.3 Å². The van der Waals surface area contributed by atoms with E-state index in [1.807, 2.05) is 36.4 Å². The third-order valence-corrected chi connectivity index (χ3v) is 8.23. The second kappa shape index (κ2) is 12.0. The molecule has 0 fully saturated rings. The molecule has 1 aromatic heterocycles. The number of benzene rings is 3. The van der Waals surface area contributed by atoms with Gasteiger partial charge in [-0.25, -0.2) is 9.79 Å². The third-order valence-electron chi connectivity index (χ3n) is 6.32. The minimum Gasteiger partial charge on any atom is -0.488 e. The number of hydrogen-bond donors (Lipinski definition) is 0. The molecule has 0 bridgehead atoms. The SMILES string of the molecule is CCOC(=O)C1=C(C)N=c2s/c(=C\c3ccccc3OCc3ccc(Cl)cc3Cl)c(=O)n2[C@@H]1c1ccccc1Cl. The van der Waals surface area contributed by atoms with Crippen LogP contribution in [0.5, 0.6) is 5.75 Å². The van der Waals surface area contributed by atoms with Crippen molar-refractivity contribution in [3.05, 3.63) is 129 Å². The molecule has 40 heavy (non-hydrogen) atoms. The highest BCUT2D eigenvalue weighted by Gasteiger charge is 2.34. The van der Waals surface area contributed by atoms with Crippen molar-refractivity contribution in [3.8, 4) is 5.75 Å². The average molecular weight is 614 g/mol. The number of hydrogen-bond acceptors (Lipinski definition) is 6. The highest BCUT2D eigenvalue weighted by atomic mass is 35.5. The number of nitrogens with zero attached hydrogens (tertiary/aromatic N) is 2. The Kier molecular flexibility index (Phi) is 8.47. The number of carbonyl (C=O) groups excluding carboxylic acids is 1. The summed E-state index contributed by atoms with van der Waals surface area (Å²) in [7, 11) is 0. The Hall–Kier alpha value is -3.36. The van der Waals surface area contributed by atoms with Crippen LogP contribution < -0.4 is 19.6 Å². The number of ether oxygens (including phenoxy) is 2. The first-order valence-electron chi connectivity index (χ1n) is 12.4. The minimum absolute atomic E-state index is 0.188. The van der Waals surface area contributed by atoms with Gasteiger partial charge in [0.25, 0.3) is 5.56 Å². The summed E-state index contributed by atoms with van der Waals surface area (Å²) in [5, 5.41) is 1.48. The first-order chi connectivity index (χ1) is 19.3. The van der Waals surface area contributed by atoms with Gasteiger partial charge < -0.3 is 9.47 Å². The van der Waals surface area contributed by atoms with Crippen LogP contribution in [0.1, 0.15) is 36.6 Å². The van der Waals surface area contributed by atoms with E-state index in [0.717, 1.165) is 5.56 Å². The van der Waals surface area contributed by atoms with Gasteiger partial charge in [-0.2, -0.15) is 0 Å². The number of halogens is 3. The molecule has 0 spiro atoms. The minimum atomic E-state index is -0.787. The van der Waals surface area contributed by atoms with E-state index in [9.17, 15) is 9.59 Å². The van der Waals surface area contributed by atoms with Gasteiger partial charge in [0.15, 0.2) is 4.80 Å². The van der Waals surface area contributed by atoms with E-state index in [2.05, 4.69) is 4.99 Å². The predicted octanol–water partition coefficient (Wildman–Crippen LogP) is 6.34. The van der Waals surface area contributed by atoms with E-state index in [-0.39, 0.29) is 24.3 Å². The fourth-order valence-corrected chi connectivity index (χ4v) is 6.19. The smallest absolute Gasteiger partial charge is 0.338 e. The van der Waals surface area contributed by atoms with Gasteiger partial charge in [0, 0.05) is 26.2 Å². The molecule has 4 aromatic rings. The Morgan fingerprint density at radius 1 is 1.05 bits per heavy atom. The maximum absolute atomic E-state index is 13.9. The van der Waals surface area contributed by atoms with E-state index in [0.29, 0.717) is 47.0 Å². The number of thiazole rings is 1. The standard InChI is InChI=1S/C30H23Cl3N2O4S/c1-3-38-29(37)26-17(2)34-30-35(27(26)21-9-5-6-10-22(21)32)28(36)25(40-30)14-18-8-4-7-11-24(18)39-16-19-12-13-20(31)15-23(19)33/h4-15,27H,3,16H2,1-2H3/b25-14-/t27-/m1/s1. The van der Waals surface area contributed by atoms with Crippen molar-refractivity contribution in [3.63, 3.8) is 0 Å². The van der Waals surface area contributed by atoms with Crippen LogP contribution in [0.4, 0.5) is 0 Å². The highest BCUT2D eigenvalue weighted by molar-refractivity contribution is 7.07. The van der Waals surface area contributed by atoms with Crippen molar-refractivity contribution in [2.45, 2.75) is 26.5 Å². The lowest BCUT2D eigenvalue weighted by Crippen LogP contribution is -2.40. The molecule has 1 aliphatic rings. The fourth-order valence-electron chi connectivity index (χ4n) is 4.45. The van der Waals surface area contributed by atoms with Crippen LogP contribution >= 0.6 is 46.1 Å². The van der Waals surface area contributed by atoms with Crippen LogP contribution in [-0.2, 0) is 16.1 Å². The van der Waals surface area contributed by atoms with Gasteiger partial charge in [-0.15, -0.1) is 0 Å². The van der Waals surface area contributed by atoms with Gasteiger partial charge in [0.1, 0.15) is 18.4 Å². The lowest BCUT2D eigenvalue weighted by molar-refractivity contribution is -0.139. The molecule has 1 aliphatic heterocycles. The second-order valence-electron chi connectivity index (χ2n) is 8.89. The van der Waals surface area contributed by atoms with Crippen LogP contribution in [0.25, 0.3) is 6.08 Å². The van der Waals surface area contributed by atoms with Crippen molar-refractivity contribution in [2.75, 3.05) is 6.61 Å². The molecule has 3 aromatic carbocycles. The van der Waals surface area contributed by atoms with Gasteiger partial charge >= 0.3 is 5.97 Å². The summed E-state index contributed by atoms with van der Waals surface area (Å²) in [5.74, 6) is 0.0351. The molecule has 0 radical (unpaired) electrons. The third kappa shape index (κ3) is 5.60. The Labute approximate surface area is 249 Å². The van der Waals surface area contributed by atoms with Crippen LogP contribution in [0.2, 0.25) is 15.1 Å². The van der Waals surface area contributed by atoms with E-state index in [1.165, 1.54) is 15.9 Å². The van der Waals surface area contributed by atoms with E-state index in [1.54, 1.807) is 50.3 Å². The number of para-hydroxylation sites is 1. The molecule has 6 nitrogen and oxygen atoms in total. The Morgan fingerprint density at radius 2 is 1.80 bits per heavy atom. The molecule has 0 N–H and O–H groups in total. The zero-order valence-corrected chi connectivity index (χ0v) is 24.6. The molecule has 0 aliphatic carbocycles. The number of aromatic nitrogens is 1. The first kappa shape index (κ1) is 28.2. The zero-order chi connectivity index (χ0) is 28.4. The van der Waals surface area contributed by atoms with Crippen molar-refractivity contribution in [1.29, 1.82) is 0 Å². The van der Waals surface area contributed by atoms with Crippen molar-refractivity contribution in [2.24, 2.45) is 4.99 Å². The molecule has 204 valence electrons. The number of allylic oxidation sites excluding steroid dienone is 1. The van der Waals surface area contributed by atoms with Crippen LogP contribution in [0.3, 0.4) is 0 Å². The summed E-state index contributed by atoms with van der Waals surface area (Å²) in [6.07, 6.45) is 1.76. The lowest BCUT2D eigenvalue weighted by Gasteiger charge is -2.25. The topological polar surface area (TPSA) is 69.9 Å². The monoisotopic (exact) mass is 612 g/mol. The molecule has 0 saturated heterocycles. The van der Waals surface area contributed by atoms with Gasteiger partial charge in [-0.1, -0.05) is 88.6 Å². The fraction of sp³-hybridized carbons (Fsp3) is 0.167. The summed E-state index contributed by atoms with van der Waals surface area (Å²) in [6, 6.07) is 19.0. The summed E-state index contributed by atoms with van der Waals surface area (Å²) in [5.41, 5.74) is 2.53. The molecule has 10 heteroatoms. The summed E-state index contributed by atoms with van der Waals surface area (Å²) in [4.78, 5) is 32.0. The Morgan fingerprint density at radius 3 is 2.55 bits per heavy atom. The zero-order valence-electron chi connectivity index (χ0n) is 21.5. The maximum atomic E-state index is 13.9. The summed E-state index contributed by atoms with van der Waals surface area (Å²) < 4.78 is 13.4. The lowest BCUT2D eigenvalue weighted by atomic mass is 9.96. The molecular weight excluding hydrogens is 591 g/mol. The Balaban J connectivity index is 1.60. The van der Waals surface area contributed by atoms with Crippen LogP contribution in [-0.4, -0.2) is 17.1 Å². The molecule has 0 saturated carbocycles. The van der Waals surface area contributed by atoms with Crippen molar-refractivity contribution in [1.82, 2.24) is 4.57 Å². The molecule has 1 atom stereocenters. The predicted molar refractivity (Wildman–Crippen MR) is 159 cm³/mol. The van der Waals surface area contributed by atoms with Gasteiger partial charge in [-0.3, -0.25) is 9.36 Å². The van der Waals surface area contributed by atoms with Gasteiger partial charge in [-0.05, 0) is 49.8 Å².